The number of aromatic nitrogens is 1. The first-order chi connectivity index (χ1) is 7.04. The monoisotopic (exact) mass is 226 g/mol. The maximum absolute atomic E-state index is 11.6. The molecule has 0 unspecified atom stereocenters. The van der Waals surface area contributed by atoms with Crippen LogP contribution in [0.5, 0.6) is 0 Å². The van der Waals surface area contributed by atoms with E-state index < -0.39 is 9.84 Å². The normalized spacial score (nSPS) is 16.6. The molecule has 5 heteroatoms. The molecule has 0 atom stereocenters. The third kappa shape index (κ3) is 1.97. The number of hydrogen-bond donors (Lipinski definition) is 1. The molecular weight excluding hydrogens is 212 g/mol. The fourth-order valence-electron chi connectivity index (χ4n) is 1.50. The van der Waals surface area contributed by atoms with Gasteiger partial charge in [-0.15, -0.1) is 0 Å². The average molecular weight is 226 g/mol. The quantitative estimate of drug-likeness (QED) is 0.844. The van der Waals surface area contributed by atoms with E-state index in [2.05, 4.69) is 4.98 Å². The molecule has 0 saturated heterocycles. The fraction of sp³-hybridized carbons (Fsp3) is 0.500. The molecule has 0 aromatic carbocycles. The van der Waals surface area contributed by atoms with E-state index in [1.165, 1.54) is 0 Å². The van der Waals surface area contributed by atoms with Gasteiger partial charge < -0.3 is 5.73 Å². The first kappa shape index (κ1) is 10.4. The van der Waals surface area contributed by atoms with Crippen molar-refractivity contribution in [2.45, 2.75) is 30.6 Å². The first-order valence-electron chi connectivity index (χ1n) is 5.03. The summed E-state index contributed by atoms with van der Waals surface area (Å²) in [7, 11) is -3.24. The van der Waals surface area contributed by atoms with Crippen LogP contribution in [0.15, 0.2) is 17.0 Å². The Balaban J connectivity index is 2.42. The molecule has 0 spiro atoms. The van der Waals surface area contributed by atoms with E-state index in [0.717, 1.165) is 18.5 Å². The van der Waals surface area contributed by atoms with Crippen LogP contribution in [0.3, 0.4) is 0 Å². The first-order valence-corrected chi connectivity index (χ1v) is 6.69. The lowest BCUT2D eigenvalue weighted by Crippen LogP contribution is -2.09. The molecule has 2 rings (SSSR count). The van der Waals surface area contributed by atoms with Crippen LogP contribution in [-0.2, 0) is 9.84 Å². The Hall–Kier alpha value is -1.10. The van der Waals surface area contributed by atoms with Crippen molar-refractivity contribution in [2.24, 2.45) is 0 Å². The summed E-state index contributed by atoms with van der Waals surface area (Å²) in [6, 6.07) is 3.35. The molecule has 4 nitrogen and oxygen atoms in total. The lowest BCUT2D eigenvalue weighted by atomic mass is 10.2. The predicted octanol–water partition coefficient (Wildman–Crippen LogP) is 1.33. The molecule has 1 aliphatic carbocycles. The van der Waals surface area contributed by atoms with E-state index in [0.29, 0.717) is 5.92 Å². The van der Waals surface area contributed by atoms with Gasteiger partial charge in [0.1, 0.15) is 10.7 Å². The van der Waals surface area contributed by atoms with Crippen molar-refractivity contribution in [2.75, 3.05) is 11.5 Å². The second-order valence-electron chi connectivity index (χ2n) is 3.80. The van der Waals surface area contributed by atoms with Crippen LogP contribution in [0.2, 0.25) is 0 Å². The van der Waals surface area contributed by atoms with E-state index in [4.69, 9.17) is 5.73 Å². The summed E-state index contributed by atoms with van der Waals surface area (Å²) >= 11 is 0. The van der Waals surface area contributed by atoms with Crippen molar-refractivity contribution in [1.82, 2.24) is 4.98 Å². The van der Waals surface area contributed by atoms with Crippen molar-refractivity contribution in [3.05, 3.63) is 17.8 Å². The predicted molar refractivity (Wildman–Crippen MR) is 58.4 cm³/mol. The topological polar surface area (TPSA) is 73.0 Å². The number of rotatable bonds is 3. The Labute approximate surface area is 89.4 Å². The van der Waals surface area contributed by atoms with Crippen molar-refractivity contribution in [3.8, 4) is 0 Å². The highest BCUT2D eigenvalue weighted by molar-refractivity contribution is 7.91. The van der Waals surface area contributed by atoms with E-state index in [9.17, 15) is 8.42 Å². The van der Waals surface area contributed by atoms with Gasteiger partial charge in [0.2, 0.25) is 0 Å². The number of nitrogens with two attached hydrogens (primary N) is 1. The molecule has 1 fully saturated rings. The SMILES string of the molecule is CCS(=O)(=O)c1ccc(C2CC2)nc1N. The molecule has 1 aromatic heterocycles. The minimum absolute atomic E-state index is 0.0572. The average Bonchev–Trinajstić information content (AvgIpc) is 3.00. The largest absolute Gasteiger partial charge is 0.383 e. The molecule has 15 heavy (non-hydrogen) atoms. The molecule has 1 saturated carbocycles. The van der Waals surface area contributed by atoms with E-state index >= 15 is 0 Å². The van der Waals surface area contributed by atoms with Gasteiger partial charge in [0.05, 0.1) is 5.75 Å². The Morgan fingerprint density at radius 3 is 2.60 bits per heavy atom. The van der Waals surface area contributed by atoms with Crippen LogP contribution in [0.4, 0.5) is 5.82 Å². The summed E-state index contributed by atoms with van der Waals surface area (Å²) in [4.78, 5) is 4.31. The minimum atomic E-state index is -3.24. The van der Waals surface area contributed by atoms with Crippen molar-refractivity contribution < 1.29 is 8.42 Å². The zero-order valence-corrected chi connectivity index (χ0v) is 9.42. The van der Waals surface area contributed by atoms with Gasteiger partial charge >= 0.3 is 0 Å². The molecule has 82 valence electrons. The zero-order chi connectivity index (χ0) is 11.1. The van der Waals surface area contributed by atoms with Gasteiger partial charge in [-0.3, -0.25) is 0 Å². The summed E-state index contributed by atoms with van der Waals surface area (Å²) in [5, 5.41) is 0. The van der Waals surface area contributed by atoms with Crippen LogP contribution in [0.25, 0.3) is 0 Å². The van der Waals surface area contributed by atoms with Crippen molar-refractivity contribution in [1.29, 1.82) is 0 Å². The number of sulfone groups is 1. The van der Waals surface area contributed by atoms with Crippen LogP contribution in [-0.4, -0.2) is 19.2 Å². The number of pyridine rings is 1. The van der Waals surface area contributed by atoms with Gasteiger partial charge in [-0.2, -0.15) is 0 Å². The zero-order valence-electron chi connectivity index (χ0n) is 8.60. The van der Waals surface area contributed by atoms with E-state index in [1.807, 2.05) is 0 Å². The van der Waals surface area contributed by atoms with Crippen LogP contribution in [0, 0.1) is 0 Å². The fourth-order valence-corrected chi connectivity index (χ4v) is 2.45. The summed E-state index contributed by atoms with van der Waals surface area (Å²) < 4.78 is 23.2. The molecule has 1 aromatic rings. The second-order valence-corrected chi connectivity index (χ2v) is 6.04. The Morgan fingerprint density at radius 2 is 2.13 bits per heavy atom. The minimum Gasteiger partial charge on any atom is -0.383 e. The second kappa shape index (κ2) is 3.48. The van der Waals surface area contributed by atoms with Crippen molar-refractivity contribution >= 4 is 15.7 Å². The lowest BCUT2D eigenvalue weighted by molar-refractivity contribution is 0.597. The number of hydrogen-bond acceptors (Lipinski definition) is 4. The third-order valence-corrected chi connectivity index (χ3v) is 4.39. The van der Waals surface area contributed by atoms with Gasteiger partial charge in [0.15, 0.2) is 9.84 Å². The maximum Gasteiger partial charge on any atom is 0.181 e. The highest BCUT2D eigenvalue weighted by atomic mass is 32.2. The molecule has 1 aliphatic rings. The molecular formula is C10H14N2O2S. The number of nitrogens with zero attached hydrogens (tertiary/aromatic N) is 1. The molecule has 0 aliphatic heterocycles. The van der Waals surface area contributed by atoms with Gasteiger partial charge in [-0.1, -0.05) is 6.92 Å². The van der Waals surface area contributed by atoms with Crippen molar-refractivity contribution in [3.63, 3.8) is 0 Å². The van der Waals surface area contributed by atoms with E-state index in [1.54, 1.807) is 19.1 Å². The van der Waals surface area contributed by atoms with Crippen LogP contribution >= 0.6 is 0 Å². The van der Waals surface area contributed by atoms with Crippen LogP contribution in [0.1, 0.15) is 31.4 Å². The molecule has 0 amide bonds. The molecule has 0 bridgehead atoms. The highest BCUT2D eigenvalue weighted by Gasteiger charge is 2.26. The summed E-state index contributed by atoms with van der Waals surface area (Å²) in [6.07, 6.45) is 2.26. The van der Waals surface area contributed by atoms with Gasteiger partial charge in [-0.05, 0) is 25.0 Å². The number of nitrogen functional groups attached to an aromatic ring is 1. The Morgan fingerprint density at radius 1 is 1.47 bits per heavy atom. The maximum atomic E-state index is 11.6. The standard InChI is InChI=1S/C10H14N2O2S/c1-2-15(13,14)9-6-5-8(7-3-4-7)12-10(9)11/h5-7H,2-4H2,1H3,(H2,11,12). The Bertz CT molecular complexity index is 478. The smallest absolute Gasteiger partial charge is 0.181 e. The summed E-state index contributed by atoms with van der Waals surface area (Å²) in [6.45, 7) is 1.60. The van der Waals surface area contributed by atoms with Gasteiger partial charge in [0.25, 0.3) is 0 Å². The lowest BCUT2D eigenvalue weighted by Gasteiger charge is -2.06. The molecule has 1 heterocycles. The van der Waals surface area contributed by atoms with Gasteiger partial charge in [0, 0.05) is 11.6 Å². The third-order valence-electron chi connectivity index (χ3n) is 2.62. The highest BCUT2D eigenvalue weighted by Crippen LogP contribution is 2.39. The molecule has 2 N–H and O–H groups in total. The Kier molecular flexibility index (Phi) is 2.42. The number of anilines is 1. The van der Waals surface area contributed by atoms with Crippen LogP contribution < -0.4 is 5.73 Å². The molecule has 0 radical (unpaired) electrons. The summed E-state index contributed by atoms with van der Waals surface area (Å²) in [5.41, 5.74) is 6.58. The van der Waals surface area contributed by atoms with Gasteiger partial charge in [-0.25, -0.2) is 13.4 Å². The van der Waals surface area contributed by atoms with E-state index in [-0.39, 0.29) is 16.5 Å². The summed E-state index contributed by atoms with van der Waals surface area (Å²) in [5.74, 6) is 0.689.